The molecular weight excluding hydrogens is 526 g/mol. The summed E-state index contributed by atoms with van der Waals surface area (Å²) in [6, 6.07) is 13.1. The summed E-state index contributed by atoms with van der Waals surface area (Å²) in [7, 11) is -1.85. The number of nitrogens with zero attached hydrogens (tertiary/aromatic N) is 3. The van der Waals surface area contributed by atoms with Crippen LogP contribution in [0.3, 0.4) is 0 Å². The largest absolute Gasteiger partial charge is 0.443 e. The molecule has 2 aromatic carbocycles. The smallest absolute Gasteiger partial charge is 0.414 e. The number of carbonyl (C=O) groups is 1. The molecule has 0 spiro atoms. The Hall–Kier alpha value is -3.08. The molecule has 5 rings (SSSR count). The van der Waals surface area contributed by atoms with Gasteiger partial charge in [0.2, 0.25) is 0 Å². The zero-order valence-electron chi connectivity index (χ0n) is 26.2. The number of ether oxygens (including phenoxy) is 1. The summed E-state index contributed by atoms with van der Waals surface area (Å²) in [6.45, 7) is 19.9. The third kappa shape index (κ3) is 5.57. The van der Waals surface area contributed by atoms with Crippen LogP contribution in [0.1, 0.15) is 83.5 Å². The number of nitriles is 1. The van der Waals surface area contributed by atoms with Crippen molar-refractivity contribution in [1.82, 2.24) is 4.57 Å². The molecule has 3 aromatic rings. The monoisotopic (exact) mass is 571 g/mol. The lowest BCUT2D eigenvalue weighted by atomic mass is 9.96. The van der Waals surface area contributed by atoms with Crippen molar-refractivity contribution in [3.63, 3.8) is 0 Å². The molecular formula is C34H45N3O3Si. The summed E-state index contributed by atoms with van der Waals surface area (Å²) in [5.74, 6) is 0. The molecule has 1 aromatic heterocycles. The standard InChI is InChI=1S/C34H45N3O3Si/c1-22-17-31-28(18-23(22)20-35)29(21-37(31)24-13-14-25(19-24)40-41(8,9)34(5,6)7)26-11-10-12-30-27(26)15-16-36(30)32(38)39-33(2,3)4/h10-12,17-18,21,24-25H,13-16,19H2,1-9H3/t24-,25-/m1/s1. The second kappa shape index (κ2) is 10.3. The van der Waals surface area contributed by atoms with E-state index in [2.05, 4.69) is 68.9 Å². The first-order valence-electron chi connectivity index (χ1n) is 15.0. The maximum atomic E-state index is 13.0. The summed E-state index contributed by atoms with van der Waals surface area (Å²) < 4.78 is 15.0. The van der Waals surface area contributed by atoms with Crippen molar-refractivity contribution in [3.8, 4) is 17.2 Å². The first kappa shape index (κ1) is 29.4. The SMILES string of the molecule is Cc1cc2c(cc1C#N)c(-c1cccc3c1CCN3C(=O)OC(C)(C)C)cn2[C@@H]1CC[C@@H](O[Si](C)(C)C(C)(C)C)C1. The van der Waals surface area contributed by atoms with E-state index in [1.807, 2.05) is 39.8 Å². The summed E-state index contributed by atoms with van der Waals surface area (Å²) in [5.41, 5.74) is 6.61. The van der Waals surface area contributed by atoms with Crippen molar-refractivity contribution in [2.75, 3.05) is 11.4 Å². The normalized spacial score (nSPS) is 19.5. The van der Waals surface area contributed by atoms with Crippen LogP contribution in [0.5, 0.6) is 0 Å². The minimum Gasteiger partial charge on any atom is -0.443 e. The van der Waals surface area contributed by atoms with Gasteiger partial charge in [-0.05, 0) is 106 Å². The van der Waals surface area contributed by atoms with Crippen molar-refractivity contribution >= 4 is 31.0 Å². The molecule has 1 fully saturated rings. The van der Waals surface area contributed by atoms with Crippen LogP contribution >= 0.6 is 0 Å². The van der Waals surface area contributed by atoms with Gasteiger partial charge in [-0.25, -0.2) is 4.79 Å². The number of hydrogen-bond donors (Lipinski definition) is 0. The van der Waals surface area contributed by atoms with Gasteiger partial charge in [0.1, 0.15) is 5.60 Å². The second-order valence-electron chi connectivity index (χ2n) is 14.4. The number of amides is 1. The summed E-state index contributed by atoms with van der Waals surface area (Å²) in [4.78, 5) is 14.8. The van der Waals surface area contributed by atoms with Crippen molar-refractivity contribution in [2.24, 2.45) is 0 Å². The highest BCUT2D eigenvalue weighted by molar-refractivity contribution is 6.74. The summed E-state index contributed by atoms with van der Waals surface area (Å²) in [6.07, 6.45) is 6.14. The predicted octanol–water partition coefficient (Wildman–Crippen LogP) is 8.90. The van der Waals surface area contributed by atoms with Gasteiger partial charge >= 0.3 is 6.09 Å². The number of carbonyl (C=O) groups excluding carboxylic acids is 1. The van der Waals surface area contributed by atoms with Crippen LogP contribution in [-0.2, 0) is 15.6 Å². The first-order chi connectivity index (χ1) is 19.1. The van der Waals surface area contributed by atoms with Gasteiger partial charge in [0, 0.05) is 41.4 Å². The maximum absolute atomic E-state index is 13.0. The fourth-order valence-electron chi connectivity index (χ4n) is 6.10. The van der Waals surface area contributed by atoms with Gasteiger partial charge in [0.15, 0.2) is 8.32 Å². The average molecular weight is 572 g/mol. The Morgan fingerprint density at radius 1 is 1.07 bits per heavy atom. The number of aryl methyl sites for hydroxylation is 1. The van der Waals surface area contributed by atoms with E-state index in [1.165, 1.54) is 0 Å². The van der Waals surface area contributed by atoms with Gasteiger partial charge in [-0.15, -0.1) is 0 Å². The van der Waals surface area contributed by atoms with Crippen LogP contribution < -0.4 is 4.90 Å². The summed E-state index contributed by atoms with van der Waals surface area (Å²) >= 11 is 0. The fourth-order valence-corrected chi connectivity index (χ4v) is 7.50. The first-order valence-corrected chi connectivity index (χ1v) is 17.9. The highest BCUT2D eigenvalue weighted by Gasteiger charge is 2.41. The Kier molecular flexibility index (Phi) is 7.41. The maximum Gasteiger partial charge on any atom is 0.414 e. The minimum absolute atomic E-state index is 0.185. The fraction of sp³-hybridized carbons (Fsp3) is 0.529. The van der Waals surface area contributed by atoms with Crippen LogP contribution in [-0.4, -0.2) is 37.2 Å². The van der Waals surface area contributed by atoms with E-state index in [0.717, 1.165) is 64.5 Å². The molecule has 6 nitrogen and oxygen atoms in total. The number of fused-ring (bicyclic) bond motifs is 2. The van der Waals surface area contributed by atoms with E-state index in [1.54, 1.807) is 4.90 Å². The van der Waals surface area contributed by atoms with E-state index in [0.29, 0.717) is 18.2 Å². The van der Waals surface area contributed by atoms with Gasteiger partial charge in [-0.3, -0.25) is 4.90 Å². The van der Waals surface area contributed by atoms with Crippen LogP contribution in [0.15, 0.2) is 36.5 Å². The van der Waals surface area contributed by atoms with E-state index in [4.69, 9.17) is 9.16 Å². The van der Waals surface area contributed by atoms with Crippen LogP contribution in [0.4, 0.5) is 10.5 Å². The highest BCUT2D eigenvalue weighted by atomic mass is 28.4. The molecule has 2 atom stereocenters. The van der Waals surface area contributed by atoms with Crippen LogP contribution in [0.2, 0.25) is 18.1 Å². The van der Waals surface area contributed by atoms with Crippen LogP contribution in [0.25, 0.3) is 22.0 Å². The van der Waals surface area contributed by atoms with E-state index in [9.17, 15) is 10.1 Å². The van der Waals surface area contributed by atoms with Crippen LogP contribution in [0, 0.1) is 18.3 Å². The Balaban J connectivity index is 1.55. The van der Waals surface area contributed by atoms with E-state index in [-0.39, 0.29) is 17.2 Å². The third-order valence-electron chi connectivity index (χ3n) is 9.25. The molecule has 7 heteroatoms. The van der Waals surface area contributed by atoms with Gasteiger partial charge in [-0.2, -0.15) is 5.26 Å². The van der Waals surface area contributed by atoms with E-state index < -0.39 is 13.9 Å². The highest BCUT2D eigenvalue weighted by Crippen LogP contribution is 2.45. The second-order valence-corrected chi connectivity index (χ2v) is 19.2. The van der Waals surface area contributed by atoms with Gasteiger partial charge < -0.3 is 13.7 Å². The lowest BCUT2D eigenvalue weighted by Crippen LogP contribution is -2.43. The number of benzene rings is 2. The lowest BCUT2D eigenvalue weighted by Gasteiger charge is -2.38. The van der Waals surface area contributed by atoms with Gasteiger partial charge in [0.25, 0.3) is 0 Å². The number of hydrogen-bond acceptors (Lipinski definition) is 4. The molecule has 2 aliphatic rings. The molecule has 0 saturated heterocycles. The molecule has 218 valence electrons. The Labute approximate surface area is 246 Å². The lowest BCUT2D eigenvalue weighted by molar-refractivity contribution is 0.0584. The quantitative estimate of drug-likeness (QED) is 0.293. The van der Waals surface area contributed by atoms with Crippen molar-refractivity contribution in [1.29, 1.82) is 5.26 Å². The molecule has 0 N–H and O–H groups in total. The number of aromatic nitrogens is 1. The molecule has 1 aliphatic carbocycles. The molecule has 1 saturated carbocycles. The zero-order valence-corrected chi connectivity index (χ0v) is 27.2. The molecule has 0 bridgehead atoms. The molecule has 1 aliphatic heterocycles. The molecule has 2 heterocycles. The molecule has 0 unspecified atom stereocenters. The predicted molar refractivity (Wildman–Crippen MR) is 169 cm³/mol. The minimum atomic E-state index is -1.85. The van der Waals surface area contributed by atoms with Gasteiger partial charge in [0.05, 0.1) is 17.3 Å². The molecule has 41 heavy (non-hydrogen) atoms. The van der Waals surface area contributed by atoms with Crippen molar-refractivity contribution < 1.29 is 14.0 Å². The topological polar surface area (TPSA) is 67.5 Å². The van der Waals surface area contributed by atoms with Gasteiger partial charge in [-0.1, -0.05) is 32.9 Å². The zero-order chi connectivity index (χ0) is 29.9. The summed E-state index contributed by atoms with van der Waals surface area (Å²) in [5, 5.41) is 11.2. The van der Waals surface area contributed by atoms with Crippen molar-refractivity contribution in [3.05, 3.63) is 53.2 Å². The third-order valence-corrected chi connectivity index (χ3v) is 13.8. The Morgan fingerprint density at radius 2 is 1.80 bits per heavy atom. The number of anilines is 1. The number of rotatable bonds is 4. The van der Waals surface area contributed by atoms with E-state index >= 15 is 0 Å². The van der Waals surface area contributed by atoms with Crippen molar-refractivity contribution in [2.45, 2.75) is 110 Å². The Bertz CT molecular complexity index is 1530. The molecule has 0 radical (unpaired) electrons. The molecule has 1 amide bonds. The Morgan fingerprint density at radius 3 is 2.46 bits per heavy atom. The average Bonchev–Trinajstić information content (AvgIpc) is 3.58.